The first kappa shape index (κ1) is 28.2. The lowest BCUT2D eigenvalue weighted by Gasteiger charge is -2.23. The predicted molar refractivity (Wildman–Crippen MR) is 202 cm³/mol. The molecule has 0 bridgehead atoms. The monoisotopic (exact) mass is 628 g/mol. The highest BCUT2D eigenvalue weighted by molar-refractivity contribution is 6.53. The number of hydrogen-bond acceptors (Lipinski definition) is 4. The van der Waals surface area contributed by atoms with Crippen LogP contribution in [0.2, 0.25) is 0 Å². The third kappa shape index (κ3) is 3.46. The van der Waals surface area contributed by atoms with Crippen molar-refractivity contribution in [3.8, 4) is 50.6 Å². The molecule has 0 fully saturated rings. The molecule has 4 nitrogen and oxygen atoms in total. The summed E-state index contributed by atoms with van der Waals surface area (Å²) in [6.45, 7) is 4.60. The summed E-state index contributed by atoms with van der Waals surface area (Å²) in [5, 5.41) is 40.0. The first-order valence-electron chi connectivity index (χ1n) is 16.3. The third-order valence-corrected chi connectivity index (χ3v) is 10.9. The predicted octanol–water partition coefficient (Wildman–Crippen LogP) is 8.83. The number of benzene rings is 8. The molecule has 0 saturated heterocycles. The van der Waals surface area contributed by atoms with Gasteiger partial charge >= 0.3 is 0 Å². The second-order valence-corrected chi connectivity index (χ2v) is 13.7. The molecule has 1 aliphatic carbocycles. The molecule has 0 amide bonds. The Labute approximate surface area is 284 Å². The second-order valence-electron chi connectivity index (χ2n) is 13.7. The van der Waals surface area contributed by atoms with Crippen LogP contribution in [-0.4, -0.2) is 31.0 Å². The highest BCUT2D eigenvalue weighted by Gasteiger charge is 2.38. The number of phenols is 3. The maximum absolute atomic E-state index is 11.0. The quantitative estimate of drug-likeness (QED) is 0.102. The van der Waals surface area contributed by atoms with Crippen LogP contribution in [0.5, 0.6) is 17.2 Å². The van der Waals surface area contributed by atoms with Crippen LogP contribution in [0.15, 0.2) is 108 Å². The van der Waals surface area contributed by atoms with Crippen molar-refractivity contribution in [1.82, 2.24) is 0 Å². The Balaban J connectivity index is 1.32. The molecule has 3 N–H and O–H groups in total. The fourth-order valence-electron chi connectivity index (χ4n) is 8.54. The zero-order valence-corrected chi connectivity index (χ0v) is 26.7. The Bertz CT molecular complexity index is 2890. The zero-order valence-electron chi connectivity index (χ0n) is 26.7. The molecule has 1 heterocycles. The number of para-hydroxylation sites is 1. The summed E-state index contributed by atoms with van der Waals surface area (Å²) in [5.41, 5.74) is 9.22. The summed E-state index contributed by atoms with van der Waals surface area (Å²) in [6, 6.07) is 35.9. The average molecular weight is 628 g/mol. The van der Waals surface area contributed by atoms with E-state index in [1.165, 1.54) is 22.3 Å². The number of aromatic hydroxyl groups is 3. The van der Waals surface area contributed by atoms with Gasteiger partial charge in [-0.1, -0.05) is 116 Å². The Morgan fingerprint density at radius 2 is 1.14 bits per heavy atom. The van der Waals surface area contributed by atoms with Gasteiger partial charge in [-0.25, -0.2) is 0 Å². The van der Waals surface area contributed by atoms with Gasteiger partial charge in [-0.15, -0.1) is 0 Å². The maximum atomic E-state index is 11.0. The minimum Gasteiger partial charge on any atom is -0.505 e. The molecule has 0 unspecified atom stereocenters. The van der Waals surface area contributed by atoms with Crippen LogP contribution in [0.3, 0.4) is 0 Å². The minimum absolute atomic E-state index is 0.00227. The van der Waals surface area contributed by atoms with E-state index >= 15 is 0 Å². The Morgan fingerprint density at radius 1 is 0.510 bits per heavy atom. The standard InChI is InChI=1S/C43H26B2O4/c1-43(2)29-9-5-3-7-26(29)34-30(43)19-28(42-35(34)27-8-4-6-10-31(27)49-42)22-15-11-20-13-17-24-25(18-14-21-12-16-23(22)32(20)33(21)24)36-37(44)38(45)40(47)41(48)39(36)46/h3-19,46-48H,1-2H3. The molecule has 228 valence electrons. The van der Waals surface area contributed by atoms with E-state index in [2.05, 4.69) is 86.6 Å². The van der Waals surface area contributed by atoms with E-state index < -0.39 is 17.2 Å². The van der Waals surface area contributed by atoms with Crippen LogP contribution in [0.25, 0.3) is 87.6 Å². The number of phenolic OH excluding ortho intramolecular Hbond substituents is 3. The lowest BCUT2D eigenvalue weighted by Crippen LogP contribution is -2.28. The van der Waals surface area contributed by atoms with Gasteiger partial charge in [0.2, 0.25) is 0 Å². The van der Waals surface area contributed by atoms with E-state index in [-0.39, 0.29) is 21.9 Å². The molecule has 49 heavy (non-hydrogen) atoms. The van der Waals surface area contributed by atoms with Crippen molar-refractivity contribution in [3.05, 3.63) is 114 Å². The number of furan rings is 1. The van der Waals surface area contributed by atoms with Gasteiger partial charge in [0.1, 0.15) is 26.9 Å². The minimum atomic E-state index is -0.703. The number of hydrogen-bond donors (Lipinski definition) is 3. The molecular weight excluding hydrogens is 602 g/mol. The second kappa shape index (κ2) is 9.39. The van der Waals surface area contributed by atoms with Crippen molar-refractivity contribution in [2.24, 2.45) is 0 Å². The van der Waals surface area contributed by atoms with Gasteiger partial charge in [-0.3, -0.25) is 0 Å². The van der Waals surface area contributed by atoms with Crippen molar-refractivity contribution in [2.75, 3.05) is 0 Å². The molecule has 1 aromatic heterocycles. The van der Waals surface area contributed by atoms with Gasteiger partial charge in [-0.05, 0) is 77.8 Å². The van der Waals surface area contributed by atoms with Gasteiger partial charge in [0.25, 0.3) is 0 Å². The van der Waals surface area contributed by atoms with Crippen LogP contribution < -0.4 is 10.9 Å². The fraction of sp³-hybridized carbons (Fsp3) is 0.0698. The van der Waals surface area contributed by atoms with Crippen LogP contribution in [-0.2, 0) is 5.41 Å². The van der Waals surface area contributed by atoms with E-state index in [0.717, 1.165) is 65.4 Å². The lowest BCUT2D eigenvalue weighted by molar-refractivity contribution is 0.371. The van der Waals surface area contributed by atoms with Crippen molar-refractivity contribution in [3.63, 3.8) is 0 Å². The average Bonchev–Trinajstić information content (AvgIpc) is 3.61. The fourth-order valence-corrected chi connectivity index (χ4v) is 8.54. The molecule has 0 atom stereocenters. The molecule has 6 heteroatoms. The lowest BCUT2D eigenvalue weighted by atomic mass is 9.74. The topological polar surface area (TPSA) is 73.8 Å². The van der Waals surface area contributed by atoms with Crippen molar-refractivity contribution < 1.29 is 19.7 Å². The highest BCUT2D eigenvalue weighted by atomic mass is 16.3. The summed E-state index contributed by atoms with van der Waals surface area (Å²) in [6.07, 6.45) is 0. The zero-order chi connectivity index (χ0) is 33.5. The van der Waals surface area contributed by atoms with Crippen molar-refractivity contribution in [2.45, 2.75) is 19.3 Å². The van der Waals surface area contributed by atoms with Crippen molar-refractivity contribution in [1.29, 1.82) is 0 Å². The number of fused-ring (bicyclic) bond motifs is 7. The summed E-state index contributed by atoms with van der Waals surface area (Å²) in [5.74, 6) is -1.86. The van der Waals surface area contributed by atoms with E-state index in [9.17, 15) is 15.3 Å². The van der Waals surface area contributed by atoms with Gasteiger partial charge in [0.15, 0.2) is 17.2 Å². The SMILES string of the molecule is [B]c1c([B])c(-c2ccc3ccc4c(-c5cc6c(c7c5oc5ccccc57)-c5ccccc5C6(C)C)ccc5ccc2c3c54)c(O)c(O)c1O. The molecular formula is C43H26B2O4. The molecule has 9 aromatic rings. The maximum Gasteiger partial charge on any atom is 0.200 e. The van der Waals surface area contributed by atoms with Crippen LogP contribution in [0.1, 0.15) is 25.0 Å². The third-order valence-electron chi connectivity index (χ3n) is 10.9. The Hall–Kier alpha value is -5.87. The van der Waals surface area contributed by atoms with Crippen LogP contribution in [0, 0.1) is 0 Å². The normalized spacial score (nSPS) is 13.7. The summed E-state index contributed by atoms with van der Waals surface area (Å²) in [4.78, 5) is 0. The van der Waals surface area contributed by atoms with Crippen LogP contribution in [0.4, 0.5) is 0 Å². The molecule has 1 aliphatic rings. The summed E-state index contributed by atoms with van der Waals surface area (Å²) >= 11 is 0. The smallest absolute Gasteiger partial charge is 0.200 e. The molecule has 10 rings (SSSR count). The Kier molecular flexibility index (Phi) is 5.40. The van der Waals surface area contributed by atoms with E-state index in [1.807, 2.05) is 30.3 Å². The van der Waals surface area contributed by atoms with Gasteiger partial charge in [0, 0.05) is 27.3 Å². The van der Waals surface area contributed by atoms with Crippen LogP contribution >= 0.6 is 0 Å². The highest BCUT2D eigenvalue weighted by Crippen LogP contribution is 2.56. The van der Waals surface area contributed by atoms with E-state index in [1.54, 1.807) is 0 Å². The van der Waals surface area contributed by atoms with Gasteiger partial charge < -0.3 is 19.7 Å². The molecule has 0 saturated carbocycles. The Morgan fingerprint density at radius 3 is 1.90 bits per heavy atom. The molecule has 4 radical (unpaired) electrons. The first-order valence-corrected chi connectivity index (χ1v) is 16.3. The van der Waals surface area contributed by atoms with E-state index in [4.69, 9.17) is 20.1 Å². The molecule has 0 aliphatic heterocycles. The first-order chi connectivity index (χ1) is 23.7. The van der Waals surface area contributed by atoms with Crippen molar-refractivity contribution >= 4 is 80.9 Å². The van der Waals surface area contributed by atoms with E-state index in [0.29, 0.717) is 5.56 Å². The number of rotatable bonds is 2. The molecule has 8 aromatic carbocycles. The largest absolute Gasteiger partial charge is 0.505 e. The molecule has 0 spiro atoms. The van der Waals surface area contributed by atoms with Gasteiger partial charge in [0.05, 0.1) is 0 Å². The van der Waals surface area contributed by atoms with Gasteiger partial charge in [-0.2, -0.15) is 0 Å². The summed E-state index contributed by atoms with van der Waals surface area (Å²) in [7, 11) is 12.4. The summed E-state index contributed by atoms with van der Waals surface area (Å²) < 4.78 is 6.77.